The maximum atomic E-state index is 12.7. The highest BCUT2D eigenvalue weighted by atomic mass is 16.2. The molecule has 1 fully saturated rings. The maximum Gasteiger partial charge on any atom is 0.258 e. The van der Waals surface area contributed by atoms with Gasteiger partial charge in [-0.15, -0.1) is 0 Å². The second-order valence-corrected chi connectivity index (χ2v) is 5.18. The first-order valence-electron chi connectivity index (χ1n) is 6.79. The SMILES string of the molecule is Cc1nn(C)cc1C(=O)N(CC(N)=O)C1CCNCC1. The first-order valence-corrected chi connectivity index (χ1v) is 6.79. The Labute approximate surface area is 118 Å². The Morgan fingerprint density at radius 1 is 1.50 bits per heavy atom. The molecule has 0 aromatic carbocycles. The molecule has 2 rings (SSSR count). The topological polar surface area (TPSA) is 93.2 Å². The van der Waals surface area contributed by atoms with Gasteiger partial charge in [0, 0.05) is 19.3 Å². The van der Waals surface area contributed by atoms with Gasteiger partial charge in [-0.3, -0.25) is 14.3 Å². The fraction of sp³-hybridized carbons (Fsp3) is 0.615. The van der Waals surface area contributed by atoms with E-state index in [-0.39, 0.29) is 18.5 Å². The minimum absolute atomic E-state index is 0.0438. The smallest absolute Gasteiger partial charge is 0.258 e. The van der Waals surface area contributed by atoms with E-state index in [4.69, 9.17) is 5.73 Å². The average Bonchev–Trinajstić information content (AvgIpc) is 2.75. The fourth-order valence-electron chi connectivity index (χ4n) is 2.62. The molecule has 1 aliphatic rings. The van der Waals surface area contributed by atoms with Crippen molar-refractivity contribution in [1.82, 2.24) is 20.0 Å². The van der Waals surface area contributed by atoms with Crippen LogP contribution >= 0.6 is 0 Å². The van der Waals surface area contributed by atoms with Gasteiger partial charge in [0.05, 0.1) is 17.8 Å². The molecule has 7 nitrogen and oxygen atoms in total. The quantitative estimate of drug-likeness (QED) is 0.770. The van der Waals surface area contributed by atoms with E-state index in [1.165, 1.54) is 0 Å². The lowest BCUT2D eigenvalue weighted by atomic mass is 10.0. The van der Waals surface area contributed by atoms with Crippen molar-refractivity contribution in [2.75, 3.05) is 19.6 Å². The van der Waals surface area contributed by atoms with E-state index in [1.807, 2.05) is 0 Å². The van der Waals surface area contributed by atoms with E-state index in [0.29, 0.717) is 11.3 Å². The highest BCUT2D eigenvalue weighted by Gasteiger charge is 2.29. The van der Waals surface area contributed by atoms with E-state index < -0.39 is 5.91 Å². The molecule has 3 N–H and O–H groups in total. The lowest BCUT2D eigenvalue weighted by molar-refractivity contribution is -0.119. The van der Waals surface area contributed by atoms with Crippen LogP contribution in [0.5, 0.6) is 0 Å². The summed E-state index contributed by atoms with van der Waals surface area (Å²) in [5.41, 5.74) is 6.49. The summed E-state index contributed by atoms with van der Waals surface area (Å²) >= 11 is 0. The number of nitrogens with two attached hydrogens (primary N) is 1. The second-order valence-electron chi connectivity index (χ2n) is 5.18. The molecular formula is C13H21N5O2. The van der Waals surface area contributed by atoms with E-state index in [1.54, 1.807) is 29.7 Å². The third-order valence-electron chi connectivity index (χ3n) is 3.58. The first-order chi connectivity index (χ1) is 9.49. The van der Waals surface area contributed by atoms with Crippen LogP contribution in [0.2, 0.25) is 0 Å². The minimum atomic E-state index is -0.488. The van der Waals surface area contributed by atoms with Crippen molar-refractivity contribution < 1.29 is 9.59 Å². The monoisotopic (exact) mass is 279 g/mol. The third kappa shape index (κ3) is 3.16. The van der Waals surface area contributed by atoms with Crippen molar-refractivity contribution in [2.24, 2.45) is 12.8 Å². The summed E-state index contributed by atoms with van der Waals surface area (Å²) in [5, 5.41) is 7.43. The van der Waals surface area contributed by atoms with Crippen molar-refractivity contribution in [3.8, 4) is 0 Å². The summed E-state index contributed by atoms with van der Waals surface area (Å²) in [4.78, 5) is 25.5. The van der Waals surface area contributed by atoms with Gasteiger partial charge in [-0.1, -0.05) is 0 Å². The van der Waals surface area contributed by atoms with Gasteiger partial charge in [0.25, 0.3) is 5.91 Å². The summed E-state index contributed by atoms with van der Waals surface area (Å²) in [7, 11) is 1.77. The number of hydrogen-bond donors (Lipinski definition) is 2. The Bertz CT molecular complexity index is 505. The van der Waals surface area contributed by atoms with Crippen LogP contribution in [-0.4, -0.2) is 52.2 Å². The zero-order valence-electron chi connectivity index (χ0n) is 11.9. The lowest BCUT2D eigenvalue weighted by Gasteiger charge is -2.33. The Hall–Kier alpha value is -1.89. The van der Waals surface area contributed by atoms with Gasteiger partial charge in [-0.25, -0.2) is 0 Å². The van der Waals surface area contributed by atoms with Crippen LogP contribution in [0.4, 0.5) is 0 Å². The molecular weight excluding hydrogens is 258 g/mol. The summed E-state index contributed by atoms with van der Waals surface area (Å²) in [5.74, 6) is -0.653. The van der Waals surface area contributed by atoms with Gasteiger partial charge in [-0.2, -0.15) is 5.10 Å². The van der Waals surface area contributed by atoms with Crippen LogP contribution < -0.4 is 11.1 Å². The van der Waals surface area contributed by atoms with Crippen LogP contribution in [0, 0.1) is 6.92 Å². The van der Waals surface area contributed by atoms with Crippen molar-refractivity contribution >= 4 is 11.8 Å². The van der Waals surface area contributed by atoms with Gasteiger partial charge >= 0.3 is 0 Å². The van der Waals surface area contributed by atoms with Crippen molar-refractivity contribution in [1.29, 1.82) is 0 Å². The highest BCUT2D eigenvalue weighted by Crippen LogP contribution is 2.17. The summed E-state index contributed by atoms with van der Waals surface area (Å²) < 4.78 is 1.60. The molecule has 0 saturated carbocycles. The number of nitrogens with zero attached hydrogens (tertiary/aromatic N) is 3. The summed E-state index contributed by atoms with van der Waals surface area (Å²) in [6.45, 7) is 3.44. The van der Waals surface area contributed by atoms with Crippen molar-refractivity contribution in [2.45, 2.75) is 25.8 Å². The number of aryl methyl sites for hydroxylation is 2. The molecule has 0 aliphatic carbocycles. The average molecular weight is 279 g/mol. The number of hydrogen-bond acceptors (Lipinski definition) is 4. The molecule has 20 heavy (non-hydrogen) atoms. The van der Waals surface area contributed by atoms with Crippen molar-refractivity contribution in [3.63, 3.8) is 0 Å². The molecule has 0 radical (unpaired) electrons. The molecule has 0 unspecified atom stereocenters. The predicted molar refractivity (Wildman–Crippen MR) is 74.1 cm³/mol. The van der Waals surface area contributed by atoms with Gasteiger partial charge in [-0.05, 0) is 32.9 Å². The Kier molecular flexibility index (Phi) is 4.39. The minimum Gasteiger partial charge on any atom is -0.368 e. The number of piperidine rings is 1. The molecule has 0 spiro atoms. The third-order valence-corrected chi connectivity index (χ3v) is 3.58. The maximum absolute atomic E-state index is 12.7. The zero-order valence-corrected chi connectivity index (χ0v) is 11.9. The molecule has 2 amide bonds. The van der Waals surface area contributed by atoms with E-state index in [9.17, 15) is 9.59 Å². The number of aromatic nitrogens is 2. The standard InChI is InChI=1S/C13H21N5O2/c1-9-11(7-17(2)16-9)13(20)18(8-12(14)19)10-3-5-15-6-4-10/h7,10,15H,3-6,8H2,1-2H3,(H2,14,19). The number of rotatable bonds is 4. The van der Waals surface area contributed by atoms with E-state index >= 15 is 0 Å². The number of amides is 2. The molecule has 0 atom stereocenters. The fourth-order valence-corrected chi connectivity index (χ4v) is 2.62. The molecule has 1 aromatic heterocycles. The normalized spacial score (nSPS) is 16.1. The molecule has 0 bridgehead atoms. The van der Waals surface area contributed by atoms with Gasteiger partial charge < -0.3 is 16.0 Å². The largest absolute Gasteiger partial charge is 0.368 e. The summed E-state index contributed by atoms with van der Waals surface area (Å²) in [6.07, 6.45) is 3.35. The summed E-state index contributed by atoms with van der Waals surface area (Å²) in [6, 6.07) is 0.0517. The predicted octanol–water partition coefficient (Wildman–Crippen LogP) is -0.592. The Morgan fingerprint density at radius 2 is 2.15 bits per heavy atom. The van der Waals surface area contributed by atoms with Crippen LogP contribution in [0.1, 0.15) is 28.9 Å². The molecule has 2 heterocycles. The lowest BCUT2D eigenvalue weighted by Crippen LogP contribution is -2.49. The van der Waals surface area contributed by atoms with Crippen molar-refractivity contribution in [3.05, 3.63) is 17.5 Å². The van der Waals surface area contributed by atoms with E-state index in [0.717, 1.165) is 25.9 Å². The molecule has 1 aliphatic heterocycles. The molecule has 1 aromatic rings. The zero-order chi connectivity index (χ0) is 14.7. The van der Waals surface area contributed by atoms with Crippen LogP contribution in [0.3, 0.4) is 0 Å². The number of nitrogens with one attached hydrogen (secondary N) is 1. The van der Waals surface area contributed by atoms with Gasteiger partial charge in [0.15, 0.2) is 0 Å². The highest BCUT2D eigenvalue weighted by molar-refractivity contribution is 5.97. The molecule has 7 heteroatoms. The Morgan fingerprint density at radius 3 is 2.65 bits per heavy atom. The van der Waals surface area contributed by atoms with Gasteiger partial charge in [0.1, 0.15) is 0 Å². The van der Waals surface area contributed by atoms with Crippen LogP contribution in [-0.2, 0) is 11.8 Å². The second kappa shape index (κ2) is 6.04. The molecule has 110 valence electrons. The number of primary amides is 1. The van der Waals surface area contributed by atoms with E-state index in [2.05, 4.69) is 10.4 Å². The van der Waals surface area contributed by atoms with Crippen LogP contribution in [0.25, 0.3) is 0 Å². The van der Waals surface area contributed by atoms with Gasteiger partial charge in [0.2, 0.25) is 5.91 Å². The number of carbonyl (C=O) groups is 2. The Balaban J connectivity index is 2.23. The number of carbonyl (C=O) groups excluding carboxylic acids is 2. The first kappa shape index (κ1) is 14.5. The molecule has 1 saturated heterocycles. The van der Waals surface area contributed by atoms with Crippen LogP contribution in [0.15, 0.2) is 6.20 Å².